The van der Waals surface area contributed by atoms with Crippen LogP contribution in [-0.2, 0) is 37.3 Å². The summed E-state index contributed by atoms with van der Waals surface area (Å²) in [4.78, 5) is 63.1. The number of likely N-dealkylation sites (tertiary alicyclic amines) is 1. The second-order valence-electron chi connectivity index (χ2n) is 13.8. The third-order valence-corrected chi connectivity index (χ3v) is 11.7. The molecule has 6 unspecified atom stereocenters. The van der Waals surface area contributed by atoms with Gasteiger partial charge in [0.15, 0.2) is 17.4 Å². The Labute approximate surface area is 315 Å². The van der Waals surface area contributed by atoms with E-state index < -0.39 is 86.9 Å². The highest BCUT2D eigenvalue weighted by atomic mass is 35.5. The molecule has 4 amide bonds. The first-order valence-electron chi connectivity index (χ1n) is 16.9. The SMILES string of the molecule is O=C1C2CC=C3C(CC4C(=O)N(Nc5ncc(C(F)(F)F)cc5Cl)C(=O)C4(c4ccc(Cl)cc4)C3c3cccc(F)c3O)C2C(=O)N1Cc1ccccc1. The number of amides is 4. The lowest BCUT2D eigenvalue weighted by molar-refractivity contribution is -0.142. The topological polar surface area (TPSA) is 120 Å². The van der Waals surface area contributed by atoms with E-state index in [1.165, 1.54) is 41.3 Å². The quantitative estimate of drug-likeness (QED) is 0.119. The van der Waals surface area contributed by atoms with Crippen LogP contribution in [0.25, 0.3) is 0 Å². The van der Waals surface area contributed by atoms with Crippen molar-refractivity contribution >= 4 is 52.6 Å². The van der Waals surface area contributed by atoms with E-state index in [1.807, 2.05) is 6.07 Å². The van der Waals surface area contributed by atoms with Gasteiger partial charge in [0.05, 0.1) is 40.3 Å². The van der Waals surface area contributed by atoms with Crippen LogP contribution < -0.4 is 5.43 Å². The molecule has 15 heteroatoms. The van der Waals surface area contributed by atoms with Crippen LogP contribution in [0.1, 0.15) is 41.0 Å². The van der Waals surface area contributed by atoms with Crippen molar-refractivity contribution in [3.05, 3.63) is 135 Å². The number of hydrogen-bond donors (Lipinski definition) is 2. The molecule has 1 saturated carbocycles. The number of rotatable bonds is 6. The predicted molar refractivity (Wildman–Crippen MR) is 187 cm³/mol. The van der Waals surface area contributed by atoms with Crippen molar-refractivity contribution in [2.75, 3.05) is 5.43 Å². The molecule has 2 aliphatic carbocycles. The molecular weight excluding hydrogens is 751 g/mol. The summed E-state index contributed by atoms with van der Waals surface area (Å²) < 4.78 is 55.6. The second kappa shape index (κ2) is 12.9. The van der Waals surface area contributed by atoms with Crippen LogP contribution in [0, 0.1) is 29.5 Å². The molecule has 3 fully saturated rings. The van der Waals surface area contributed by atoms with Gasteiger partial charge in [-0.1, -0.05) is 89.4 Å². The van der Waals surface area contributed by atoms with E-state index in [1.54, 1.807) is 30.3 Å². The van der Waals surface area contributed by atoms with E-state index in [-0.39, 0.29) is 36.4 Å². The zero-order valence-corrected chi connectivity index (χ0v) is 29.4. The molecule has 54 heavy (non-hydrogen) atoms. The fourth-order valence-corrected chi connectivity index (χ4v) is 9.21. The van der Waals surface area contributed by atoms with Crippen LogP contribution in [-0.4, -0.2) is 43.6 Å². The third kappa shape index (κ3) is 5.38. The summed E-state index contributed by atoms with van der Waals surface area (Å²) in [5, 5.41) is 11.7. The Balaban J connectivity index is 1.30. The highest BCUT2D eigenvalue weighted by Crippen LogP contribution is 2.65. The van der Waals surface area contributed by atoms with Crippen molar-refractivity contribution < 1.29 is 41.8 Å². The van der Waals surface area contributed by atoms with Gasteiger partial charge in [-0.2, -0.15) is 18.2 Å². The largest absolute Gasteiger partial charge is 0.505 e. The van der Waals surface area contributed by atoms with Crippen molar-refractivity contribution in [2.24, 2.45) is 23.7 Å². The van der Waals surface area contributed by atoms with Crippen molar-refractivity contribution in [3.63, 3.8) is 0 Å². The number of nitrogens with zero attached hydrogens (tertiary/aromatic N) is 3. The summed E-state index contributed by atoms with van der Waals surface area (Å²) in [5.74, 6) is -9.92. The lowest BCUT2D eigenvalue weighted by Gasteiger charge is -2.50. The highest BCUT2D eigenvalue weighted by molar-refractivity contribution is 6.33. The number of para-hydroxylation sites is 1. The molecule has 2 N–H and O–H groups in total. The van der Waals surface area contributed by atoms with Crippen molar-refractivity contribution in [2.45, 2.75) is 36.9 Å². The number of anilines is 1. The lowest BCUT2D eigenvalue weighted by Crippen LogP contribution is -2.53. The van der Waals surface area contributed by atoms with Crippen LogP contribution >= 0.6 is 23.2 Å². The number of alkyl halides is 3. The number of aromatic nitrogens is 1. The van der Waals surface area contributed by atoms with Crippen LogP contribution in [0.2, 0.25) is 10.0 Å². The second-order valence-corrected chi connectivity index (χ2v) is 14.7. The minimum atomic E-state index is -4.78. The molecule has 276 valence electrons. The van der Waals surface area contributed by atoms with Gasteiger partial charge in [0.25, 0.3) is 11.8 Å². The molecule has 1 aromatic heterocycles. The average Bonchev–Trinajstić information content (AvgIpc) is 3.51. The van der Waals surface area contributed by atoms with Gasteiger partial charge in [0.2, 0.25) is 11.8 Å². The molecule has 3 heterocycles. The molecule has 9 nitrogen and oxygen atoms in total. The van der Waals surface area contributed by atoms with E-state index in [2.05, 4.69) is 10.4 Å². The number of imide groups is 2. The van der Waals surface area contributed by atoms with Gasteiger partial charge in [0, 0.05) is 22.7 Å². The van der Waals surface area contributed by atoms with Gasteiger partial charge < -0.3 is 5.11 Å². The maximum atomic E-state index is 15.3. The predicted octanol–water partition coefficient (Wildman–Crippen LogP) is 7.44. The van der Waals surface area contributed by atoms with E-state index >= 15 is 9.18 Å². The maximum Gasteiger partial charge on any atom is 0.417 e. The minimum Gasteiger partial charge on any atom is -0.505 e. The molecule has 6 atom stereocenters. The number of pyridine rings is 1. The first-order valence-corrected chi connectivity index (χ1v) is 17.7. The van der Waals surface area contributed by atoms with Gasteiger partial charge in [-0.15, -0.1) is 0 Å². The zero-order valence-electron chi connectivity index (χ0n) is 27.9. The third-order valence-electron chi connectivity index (χ3n) is 11.2. The molecule has 4 aliphatic rings. The standard InChI is InChI=1S/C39H28Cl2F4N4O5/c40-22-11-9-20(10-12-22)38-27(35(52)49(37(38)54)47-33-28(41)15-21(17-46-33)39(43,44)45)16-26-23(31(38)25-7-4-8-29(42)32(25)50)13-14-24-30(26)36(53)48(34(24)51)18-19-5-2-1-3-6-19/h1-13,15,17,24,26-27,30-31,50H,14,16,18H2,(H,46,47). The Morgan fingerprint density at radius 1 is 0.907 bits per heavy atom. The lowest BCUT2D eigenvalue weighted by atomic mass is 9.49. The smallest absolute Gasteiger partial charge is 0.417 e. The van der Waals surface area contributed by atoms with Gasteiger partial charge in [-0.05, 0) is 54.2 Å². The summed E-state index contributed by atoms with van der Waals surface area (Å²) in [7, 11) is 0. The fourth-order valence-electron chi connectivity index (χ4n) is 8.88. The average molecular weight is 780 g/mol. The molecule has 0 spiro atoms. The van der Waals surface area contributed by atoms with Gasteiger partial charge in [0.1, 0.15) is 0 Å². The number of benzene rings is 3. The van der Waals surface area contributed by atoms with Crippen LogP contribution in [0.3, 0.4) is 0 Å². The molecule has 4 aromatic rings. The van der Waals surface area contributed by atoms with Crippen molar-refractivity contribution in [3.8, 4) is 5.75 Å². The Morgan fingerprint density at radius 2 is 1.63 bits per heavy atom. The number of carbonyl (C=O) groups excluding carboxylic acids is 4. The van der Waals surface area contributed by atoms with Crippen molar-refractivity contribution in [1.29, 1.82) is 0 Å². The Kier molecular flexibility index (Phi) is 8.57. The van der Waals surface area contributed by atoms with Crippen LogP contribution in [0.4, 0.5) is 23.4 Å². The zero-order chi connectivity index (χ0) is 38.3. The maximum absolute atomic E-state index is 15.3. The molecule has 2 saturated heterocycles. The Morgan fingerprint density at radius 3 is 2.31 bits per heavy atom. The first-order chi connectivity index (χ1) is 25.7. The summed E-state index contributed by atoms with van der Waals surface area (Å²) in [6.45, 7) is 0.0236. The number of hydrogen-bond acceptors (Lipinski definition) is 7. The molecule has 2 aliphatic heterocycles. The monoisotopic (exact) mass is 778 g/mol. The Hall–Kier alpha value is -5.27. The number of allylic oxidation sites excluding steroid dienone is 2. The van der Waals surface area contributed by atoms with Gasteiger partial charge in [-0.25, -0.2) is 9.37 Å². The first kappa shape index (κ1) is 35.7. The number of hydrazine groups is 1. The molecular formula is C39H28Cl2F4N4O5. The highest BCUT2D eigenvalue weighted by Gasteiger charge is 2.70. The number of halogens is 6. The van der Waals surface area contributed by atoms with E-state index in [0.717, 1.165) is 11.6 Å². The number of fused-ring (bicyclic) bond motifs is 4. The summed E-state index contributed by atoms with van der Waals surface area (Å²) in [6, 6.07) is 19.5. The summed E-state index contributed by atoms with van der Waals surface area (Å²) >= 11 is 12.5. The number of nitrogens with one attached hydrogen (secondary N) is 1. The number of carbonyl (C=O) groups is 4. The van der Waals surface area contributed by atoms with E-state index in [9.17, 15) is 32.7 Å². The number of phenolic OH excluding ortho intramolecular Hbond substituents is 1. The van der Waals surface area contributed by atoms with Crippen LogP contribution in [0.5, 0.6) is 5.75 Å². The van der Waals surface area contributed by atoms with E-state index in [0.29, 0.717) is 27.9 Å². The number of aromatic hydroxyl groups is 1. The minimum absolute atomic E-state index is 0.0236. The number of phenols is 1. The summed E-state index contributed by atoms with van der Waals surface area (Å²) in [5.41, 5.74) is 0.857. The van der Waals surface area contributed by atoms with Gasteiger partial charge in [-0.3, -0.25) is 29.5 Å². The summed E-state index contributed by atoms with van der Waals surface area (Å²) in [6.07, 6.45) is -2.57. The molecule has 3 aromatic carbocycles. The van der Waals surface area contributed by atoms with E-state index in [4.69, 9.17) is 23.2 Å². The molecule has 0 bridgehead atoms. The normalized spacial score (nSPS) is 26.4. The van der Waals surface area contributed by atoms with Crippen molar-refractivity contribution in [1.82, 2.24) is 14.9 Å². The van der Waals surface area contributed by atoms with Gasteiger partial charge >= 0.3 is 6.18 Å². The molecule has 0 radical (unpaired) electrons. The fraction of sp³-hybridized carbons (Fsp3) is 0.256. The van der Waals surface area contributed by atoms with Crippen LogP contribution in [0.15, 0.2) is 96.7 Å². The molecule has 8 rings (SSSR count). The Bertz CT molecular complexity index is 2270.